The van der Waals surface area contributed by atoms with Gasteiger partial charge in [0.2, 0.25) is 0 Å². The van der Waals surface area contributed by atoms with Crippen LogP contribution in [0.15, 0.2) is 146 Å². The van der Waals surface area contributed by atoms with Crippen molar-refractivity contribution in [3.8, 4) is 28.3 Å². The molecule has 0 radical (unpaired) electrons. The third-order valence-electron chi connectivity index (χ3n) is 12.1. The summed E-state index contributed by atoms with van der Waals surface area (Å²) in [5, 5.41) is 9.51. The number of nitrogens with zero attached hydrogens (tertiary/aromatic N) is 4. The Morgan fingerprint density at radius 2 is 0.875 bits per heavy atom. The summed E-state index contributed by atoms with van der Waals surface area (Å²) in [6.45, 7) is 21.5. The van der Waals surface area contributed by atoms with Crippen LogP contribution in [0.5, 0.6) is 0 Å². The first-order valence-electron chi connectivity index (χ1n) is 19.2. The lowest BCUT2D eigenvalue weighted by atomic mass is 9.79. The maximum absolute atomic E-state index is 9.51. The zero-order valence-electron chi connectivity index (χ0n) is 32.6. The van der Waals surface area contributed by atoms with Gasteiger partial charge in [-0.2, -0.15) is 5.26 Å². The largest absolute Gasteiger partial charge is 0.311 e. The predicted molar refractivity (Wildman–Crippen MR) is 231 cm³/mol. The molecule has 7 aromatic rings. The number of para-hydroxylation sites is 2. The molecular formula is C52H42N4. The molecule has 0 unspecified atom stereocenters. The van der Waals surface area contributed by atoms with Crippen molar-refractivity contribution in [3.63, 3.8) is 0 Å². The van der Waals surface area contributed by atoms with Crippen LogP contribution in [0, 0.1) is 31.8 Å². The molecule has 2 aliphatic rings. The van der Waals surface area contributed by atoms with Crippen LogP contribution in [0.25, 0.3) is 27.1 Å². The summed E-state index contributed by atoms with van der Waals surface area (Å²) in [5.74, 6) is 0. The van der Waals surface area contributed by atoms with Gasteiger partial charge in [-0.3, -0.25) is 0 Å². The monoisotopic (exact) mass is 722 g/mol. The van der Waals surface area contributed by atoms with E-state index in [0.29, 0.717) is 11.3 Å². The zero-order valence-corrected chi connectivity index (χ0v) is 32.6. The van der Waals surface area contributed by atoms with Gasteiger partial charge in [-0.15, -0.1) is 0 Å². The number of hydrogen-bond donors (Lipinski definition) is 0. The Kier molecular flexibility index (Phi) is 8.01. The fourth-order valence-corrected chi connectivity index (χ4v) is 9.24. The highest BCUT2D eigenvalue weighted by molar-refractivity contribution is 5.94. The molecule has 0 amide bonds. The minimum Gasteiger partial charge on any atom is -0.311 e. The van der Waals surface area contributed by atoms with E-state index < -0.39 is 0 Å². The number of benzene rings is 7. The second kappa shape index (κ2) is 12.9. The first kappa shape index (κ1) is 34.9. The van der Waals surface area contributed by atoms with Gasteiger partial charge in [0.1, 0.15) is 0 Å². The van der Waals surface area contributed by atoms with Crippen molar-refractivity contribution >= 4 is 39.8 Å². The number of anilines is 6. The Hall–Kier alpha value is -6.88. The van der Waals surface area contributed by atoms with Crippen molar-refractivity contribution in [2.75, 3.05) is 9.80 Å². The summed E-state index contributed by atoms with van der Waals surface area (Å²) < 4.78 is 0. The van der Waals surface area contributed by atoms with Gasteiger partial charge in [0, 0.05) is 45.0 Å². The summed E-state index contributed by atoms with van der Waals surface area (Å²) in [7, 11) is 0. The molecule has 0 N–H and O–H groups in total. The summed E-state index contributed by atoms with van der Waals surface area (Å²) in [6.07, 6.45) is 0. The molecule has 0 saturated carbocycles. The smallest absolute Gasteiger partial charge is 0.187 e. The van der Waals surface area contributed by atoms with Gasteiger partial charge < -0.3 is 9.80 Å². The van der Waals surface area contributed by atoms with Crippen molar-refractivity contribution in [1.82, 2.24) is 0 Å². The standard InChI is InChI=1S/C52H42N4/c1-33-26-41(55(37-14-10-8-11-15-37)39-22-18-35(32-53)19-23-39)28-47-49(33)43-30-46-44(31-45(43)51(47,3)4)50-34(2)27-42(29-48(50)52(46,5)6)56(38-16-12-9-13-17-38)40-24-20-36(54-7)21-25-40/h8-31H,1-6H3. The lowest BCUT2D eigenvalue weighted by Crippen LogP contribution is -2.18. The van der Waals surface area contributed by atoms with Gasteiger partial charge in [0.15, 0.2) is 5.69 Å². The molecule has 4 heteroatoms. The lowest BCUT2D eigenvalue weighted by Gasteiger charge is -2.29. The minimum absolute atomic E-state index is 0.239. The molecular weight excluding hydrogens is 681 g/mol. The average molecular weight is 723 g/mol. The van der Waals surface area contributed by atoms with Gasteiger partial charge in [0.25, 0.3) is 0 Å². The lowest BCUT2D eigenvalue weighted by molar-refractivity contribution is 0.652. The molecule has 2 aliphatic carbocycles. The Morgan fingerprint density at radius 1 is 0.482 bits per heavy atom. The summed E-state index contributed by atoms with van der Waals surface area (Å²) in [4.78, 5) is 8.24. The number of aryl methyl sites for hydroxylation is 2. The third kappa shape index (κ3) is 5.33. The van der Waals surface area contributed by atoms with E-state index in [-0.39, 0.29) is 10.8 Å². The van der Waals surface area contributed by atoms with E-state index >= 15 is 0 Å². The van der Waals surface area contributed by atoms with Crippen LogP contribution in [0.4, 0.5) is 39.8 Å². The third-order valence-corrected chi connectivity index (χ3v) is 12.1. The van der Waals surface area contributed by atoms with Gasteiger partial charge in [-0.25, -0.2) is 4.85 Å². The van der Waals surface area contributed by atoms with E-state index in [1.54, 1.807) is 0 Å². The molecule has 0 atom stereocenters. The second-order valence-corrected chi connectivity index (χ2v) is 16.2. The van der Waals surface area contributed by atoms with Crippen LogP contribution in [-0.2, 0) is 10.8 Å². The average Bonchev–Trinajstić information content (AvgIpc) is 3.58. The number of rotatable bonds is 6. The predicted octanol–water partition coefficient (Wildman–Crippen LogP) is 14.3. The Labute approximate surface area is 330 Å². The fraction of sp³-hybridized carbons (Fsp3) is 0.154. The van der Waals surface area contributed by atoms with E-state index in [4.69, 9.17) is 6.57 Å². The molecule has 270 valence electrons. The minimum atomic E-state index is -0.240. The molecule has 0 heterocycles. The molecule has 0 spiro atoms. The maximum atomic E-state index is 9.51. The number of nitriles is 1. The van der Waals surface area contributed by atoms with Crippen molar-refractivity contribution < 1.29 is 0 Å². The molecule has 0 bridgehead atoms. The highest BCUT2D eigenvalue weighted by Crippen LogP contribution is 2.59. The Morgan fingerprint density at radius 3 is 1.27 bits per heavy atom. The Balaban J connectivity index is 1.17. The first-order chi connectivity index (χ1) is 27.0. The number of hydrogen-bond acceptors (Lipinski definition) is 3. The van der Waals surface area contributed by atoms with Crippen LogP contribution in [0.3, 0.4) is 0 Å². The van der Waals surface area contributed by atoms with Gasteiger partial charge in [-0.05, 0) is 167 Å². The molecule has 0 aromatic heterocycles. The Bertz CT molecular complexity index is 2570. The van der Waals surface area contributed by atoms with E-state index in [1.165, 1.54) is 55.6 Å². The van der Waals surface area contributed by atoms with Crippen LogP contribution < -0.4 is 9.80 Å². The zero-order chi connectivity index (χ0) is 38.9. The van der Waals surface area contributed by atoms with Crippen LogP contribution in [0.1, 0.15) is 66.6 Å². The SMILES string of the molecule is [C-]#[N+]c1ccc(N(c2ccccc2)c2cc(C)c3c(c2)C(C)(C)c2cc4c(cc2-3)C(C)(C)c2cc(N(c3ccccc3)c3ccc(C#N)cc3)cc(C)c2-4)cc1. The molecule has 56 heavy (non-hydrogen) atoms. The topological polar surface area (TPSA) is 34.6 Å². The molecule has 0 saturated heterocycles. The quantitative estimate of drug-likeness (QED) is 0.160. The number of fused-ring (bicyclic) bond motifs is 6. The summed E-state index contributed by atoms with van der Waals surface area (Å²) >= 11 is 0. The first-order valence-corrected chi connectivity index (χ1v) is 19.2. The van der Waals surface area contributed by atoms with Crippen LogP contribution in [-0.4, -0.2) is 0 Å². The highest BCUT2D eigenvalue weighted by Gasteiger charge is 2.43. The molecule has 7 aromatic carbocycles. The van der Waals surface area contributed by atoms with Gasteiger partial charge >= 0.3 is 0 Å². The van der Waals surface area contributed by atoms with E-state index in [2.05, 4.69) is 147 Å². The van der Waals surface area contributed by atoms with Crippen molar-refractivity contribution in [2.24, 2.45) is 0 Å². The normalized spacial score (nSPS) is 13.8. The van der Waals surface area contributed by atoms with Crippen molar-refractivity contribution in [1.29, 1.82) is 5.26 Å². The molecule has 0 fully saturated rings. The molecule has 9 rings (SSSR count). The van der Waals surface area contributed by atoms with E-state index in [1.807, 2.05) is 60.7 Å². The van der Waals surface area contributed by atoms with E-state index in [0.717, 1.165) is 34.1 Å². The maximum Gasteiger partial charge on any atom is 0.187 e. The van der Waals surface area contributed by atoms with Crippen molar-refractivity contribution in [2.45, 2.75) is 52.4 Å². The summed E-state index contributed by atoms with van der Waals surface area (Å²) in [6, 6.07) is 53.4. The van der Waals surface area contributed by atoms with Gasteiger partial charge in [-0.1, -0.05) is 76.2 Å². The van der Waals surface area contributed by atoms with E-state index in [9.17, 15) is 5.26 Å². The fourth-order valence-electron chi connectivity index (χ4n) is 9.24. The highest BCUT2D eigenvalue weighted by atomic mass is 15.1. The van der Waals surface area contributed by atoms with Crippen LogP contribution >= 0.6 is 0 Å². The molecule has 4 nitrogen and oxygen atoms in total. The summed E-state index contributed by atoms with van der Waals surface area (Å²) in [5.41, 5.74) is 20.4. The molecule has 0 aliphatic heterocycles. The van der Waals surface area contributed by atoms with Crippen LogP contribution in [0.2, 0.25) is 0 Å². The van der Waals surface area contributed by atoms with Gasteiger partial charge in [0.05, 0.1) is 18.2 Å². The second-order valence-electron chi connectivity index (χ2n) is 16.2. The van der Waals surface area contributed by atoms with Crippen molar-refractivity contribution in [3.05, 3.63) is 196 Å².